The molecule has 5 heteroatoms. The van der Waals surface area contributed by atoms with Gasteiger partial charge in [0.25, 0.3) is 0 Å². The number of anilines is 1. The Morgan fingerprint density at radius 3 is 2.43 bits per heavy atom. The first-order valence-electron chi connectivity index (χ1n) is 7.35. The Labute approximate surface area is 134 Å². The third-order valence-electron chi connectivity index (χ3n) is 3.48. The number of halogens is 2. The lowest BCUT2D eigenvalue weighted by Gasteiger charge is -2.09. The van der Waals surface area contributed by atoms with Crippen LogP contribution in [0.3, 0.4) is 0 Å². The molecular weight excluding hydrogens is 300 g/mol. The standard InChI is InChI=1S/C18H19F2NO2/c1-12-3-4-14(13(2)11-12)5-10-17(22)21-15-6-8-16(9-7-15)23-18(19)20/h3-4,6-9,11,18H,5,10H2,1-2H3,(H,21,22). The average Bonchev–Trinajstić information content (AvgIpc) is 2.48. The van der Waals surface area contributed by atoms with Crippen LogP contribution < -0.4 is 10.1 Å². The van der Waals surface area contributed by atoms with Crippen molar-refractivity contribution in [3.8, 4) is 5.75 Å². The van der Waals surface area contributed by atoms with E-state index >= 15 is 0 Å². The van der Waals surface area contributed by atoms with Crippen LogP contribution in [-0.4, -0.2) is 12.5 Å². The van der Waals surface area contributed by atoms with Crippen LogP contribution in [0, 0.1) is 13.8 Å². The number of hydrogen-bond acceptors (Lipinski definition) is 2. The molecule has 0 atom stereocenters. The SMILES string of the molecule is Cc1ccc(CCC(=O)Nc2ccc(OC(F)F)cc2)c(C)c1. The number of hydrogen-bond donors (Lipinski definition) is 1. The van der Waals surface area contributed by atoms with Gasteiger partial charge in [-0.2, -0.15) is 8.78 Å². The van der Waals surface area contributed by atoms with Gasteiger partial charge in [0.1, 0.15) is 5.75 Å². The van der Waals surface area contributed by atoms with Crippen molar-refractivity contribution < 1.29 is 18.3 Å². The van der Waals surface area contributed by atoms with Gasteiger partial charge in [-0.1, -0.05) is 23.8 Å². The lowest BCUT2D eigenvalue weighted by molar-refractivity contribution is -0.116. The fourth-order valence-corrected chi connectivity index (χ4v) is 2.32. The van der Waals surface area contributed by atoms with Gasteiger partial charge in [-0.3, -0.25) is 4.79 Å². The minimum atomic E-state index is -2.85. The van der Waals surface area contributed by atoms with Crippen molar-refractivity contribution in [3.63, 3.8) is 0 Å². The van der Waals surface area contributed by atoms with E-state index in [9.17, 15) is 13.6 Å². The third-order valence-corrected chi connectivity index (χ3v) is 3.48. The molecule has 3 nitrogen and oxygen atoms in total. The second-order valence-electron chi connectivity index (χ2n) is 5.38. The molecule has 1 amide bonds. The monoisotopic (exact) mass is 319 g/mol. The van der Waals surface area contributed by atoms with E-state index in [0.29, 0.717) is 18.5 Å². The fraction of sp³-hybridized carbons (Fsp3) is 0.278. The van der Waals surface area contributed by atoms with E-state index in [1.807, 2.05) is 26.0 Å². The average molecular weight is 319 g/mol. The van der Waals surface area contributed by atoms with E-state index in [4.69, 9.17) is 0 Å². The van der Waals surface area contributed by atoms with E-state index in [2.05, 4.69) is 16.1 Å². The minimum absolute atomic E-state index is 0.0632. The van der Waals surface area contributed by atoms with Crippen molar-refractivity contribution in [2.24, 2.45) is 0 Å². The van der Waals surface area contributed by atoms with Crippen LogP contribution in [0.4, 0.5) is 14.5 Å². The lowest BCUT2D eigenvalue weighted by Crippen LogP contribution is -2.12. The topological polar surface area (TPSA) is 38.3 Å². The smallest absolute Gasteiger partial charge is 0.387 e. The summed E-state index contributed by atoms with van der Waals surface area (Å²) in [6.07, 6.45) is 1.02. The van der Waals surface area contributed by atoms with Crippen LogP contribution >= 0.6 is 0 Å². The highest BCUT2D eigenvalue weighted by atomic mass is 19.3. The zero-order valence-corrected chi connectivity index (χ0v) is 13.1. The number of carbonyl (C=O) groups excluding carboxylic acids is 1. The Balaban J connectivity index is 1.87. The van der Waals surface area contributed by atoms with Crippen molar-refractivity contribution >= 4 is 11.6 Å². The summed E-state index contributed by atoms with van der Waals surface area (Å²) in [7, 11) is 0. The Morgan fingerprint density at radius 1 is 1.13 bits per heavy atom. The van der Waals surface area contributed by atoms with Crippen molar-refractivity contribution in [2.75, 3.05) is 5.32 Å². The van der Waals surface area contributed by atoms with E-state index < -0.39 is 6.61 Å². The van der Waals surface area contributed by atoms with Crippen LogP contribution in [-0.2, 0) is 11.2 Å². The summed E-state index contributed by atoms with van der Waals surface area (Å²) in [5.41, 5.74) is 4.07. The number of carbonyl (C=O) groups is 1. The van der Waals surface area contributed by atoms with E-state index in [1.54, 1.807) is 0 Å². The molecule has 0 aromatic heterocycles. The molecule has 2 aromatic rings. The Hall–Kier alpha value is -2.43. The molecule has 0 fully saturated rings. The number of rotatable bonds is 6. The van der Waals surface area contributed by atoms with Gasteiger partial charge in [0.05, 0.1) is 0 Å². The summed E-state index contributed by atoms with van der Waals surface area (Å²) >= 11 is 0. The van der Waals surface area contributed by atoms with Crippen LogP contribution in [0.5, 0.6) is 5.75 Å². The third kappa shape index (κ3) is 5.36. The zero-order chi connectivity index (χ0) is 16.8. The van der Waals surface area contributed by atoms with Crippen LogP contribution in [0.1, 0.15) is 23.1 Å². The molecule has 0 aliphatic rings. The molecular formula is C18H19F2NO2. The molecule has 122 valence electrons. The molecule has 0 bridgehead atoms. The first kappa shape index (κ1) is 16.9. The van der Waals surface area contributed by atoms with Gasteiger partial charge < -0.3 is 10.1 Å². The number of benzene rings is 2. The molecule has 23 heavy (non-hydrogen) atoms. The Kier molecular flexibility index (Phi) is 5.68. The second-order valence-corrected chi connectivity index (χ2v) is 5.38. The van der Waals surface area contributed by atoms with E-state index in [-0.39, 0.29) is 11.7 Å². The maximum Gasteiger partial charge on any atom is 0.387 e. The van der Waals surface area contributed by atoms with Gasteiger partial charge in [-0.25, -0.2) is 0 Å². The molecule has 0 saturated heterocycles. The number of aryl methyl sites for hydroxylation is 3. The highest BCUT2D eigenvalue weighted by Crippen LogP contribution is 2.18. The van der Waals surface area contributed by atoms with Gasteiger partial charge in [-0.05, 0) is 55.7 Å². The summed E-state index contributed by atoms with van der Waals surface area (Å²) in [6.45, 7) is 1.21. The van der Waals surface area contributed by atoms with Gasteiger partial charge in [0.15, 0.2) is 0 Å². The van der Waals surface area contributed by atoms with Gasteiger partial charge in [0.2, 0.25) is 5.91 Å². The quantitative estimate of drug-likeness (QED) is 0.853. The van der Waals surface area contributed by atoms with Crippen molar-refractivity contribution in [1.82, 2.24) is 0 Å². The number of ether oxygens (including phenoxy) is 1. The van der Waals surface area contributed by atoms with Crippen LogP contribution in [0.2, 0.25) is 0 Å². The number of amides is 1. The van der Waals surface area contributed by atoms with Gasteiger partial charge in [-0.15, -0.1) is 0 Å². The molecule has 0 aliphatic carbocycles. The maximum absolute atomic E-state index is 12.1. The van der Waals surface area contributed by atoms with Gasteiger partial charge >= 0.3 is 6.61 Å². The molecule has 1 N–H and O–H groups in total. The van der Waals surface area contributed by atoms with E-state index in [0.717, 1.165) is 5.56 Å². The predicted molar refractivity (Wildman–Crippen MR) is 85.9 cm³/mol. The molecule has 0 saturated carbocycles. The fourth-order valence-electron chi connectivity index (χ4n) is 2.32. The summed E-state index contributed by atoms with van der Waals surface area (Å²) < 4.78 is 28.4. The highest BCUT2D eigenvalue weighted by Gasteiger charge is 2.07. The zero-order valence-electron chi connectivity index (χ0n) is 13.1. The second kappa shape index (κ2) is 7.72. The molecule has 0 radical (unpaired) electrons. The first-order valence-corrected chi connectivity index (χ1v) is 7.35. The van der Waals surface area contributed by atoms with Crippen molar-refractivity contribution in [2.45, 2.75) is 33.3 Å². The largest absolute Gasteiger partial charge is 0.435 e. The van der Waals surface area contributed by atoms with Crippen LogP contribution in [0.25, 0.3) is 0 Å². The summed E-state index contributed by atoms with van der Waals surface area (Å²) in [6, 6.07) is 12.0. The number of nitrogens with one attached hydrogen (secondary N) is 1. The first-order chi connectivity index (χ1) is 10.9. The molecule has 0 aliphatic heterocycles. The lowest BCUT2D eigenvalue weighted by atomic mass is 10.0. The Morgan fingerprint density at radius 2 is 1.83 bits per heavy atom. The van der Waals surface area contributed by atoms with Gasteiger partial charge in [0, 0.05) is 12.1 Å². The molecule has 0 heterocycles. The molecule has 0 spiro atoms. The van der Waals surface area contributed by atoms with Crippen molar-refractivity contribution in [1.29, 1.82) is 0 Å². The predicted octanol–water partition coefficient (Wildman–Crippen LogP) is 4.48. The minimum Gasteiger partial charge on any atom is -0.435 e. The molecule has 2 rings (SSSR count). The summed E-state index contributed by atoms with van der Waals surface area (Å²) in [4.78, 5) is 12.0. The Bertz CT molecular complexity index is 669. The summed E-state index contributed by atoms with van der Waals surface area (Å²) in [5, 5.41) is 2.74. The highest BCUT2D eigenvalue weighted by molar-refractivity contribution is 5.90. The van der Waals surface area contributed by atoms with Crippen LogP contribution in [0.15, 0.2) is 42.5 Å². The molecule has 2 aromatic carbocycles. The van der Waals surface area contributed by atoms with E-state index in [1.165, 1.54) is 35.4 Å². The number of alkyl halides is 2. The normalized spacial score (nSPS) is 10.7. The molecule has 0 unspecified atom stereocenters. The summed E-state index contributed by atoms with van der Waals surface area (Å²) in [5.74, 6) is -0.0548. The van der Waals surface area contributed by atoms with Crippen molar-refractivity contribution in [3.05, 3.63) is 59.2 Å². The maximum atomic E-state index is 12.1.